The number of ether oxygens (including phenoxy) is 3. The van der Waals surface area contributed by atoms with E-state index in [0.29, 0.717) is 43.4 Å². The van der Waals surface area contributed by atoms with Gasteiger partial charge in [-0.3, -0.25) is 9.59 Å². The molecule has 1 amide bonds. The van der Waals surface area contributed by atoms with E-state index in [-0.39, 0.29) is 12.5 Å². The van der Waals surface area contributed by atoms with Crippen LogP contribution in [-0.4, -0.2) is 55.3 Å². The number of carboxylic acid groups (broad SMARTS) is 1. The van der Waals surface area contributed by atoms with Crippen molar-refractivity contribution in [3.05, 3.63) is 23.8 Å². The minimum atomic E-state index is -0.856. The standard InChI is InChI=1S/C17H19NO6/c1-22-13-8-11(9-14-16(13)24-7-6-23-14)2-3-15(19)18-5-4-12(10-18)17(20)21/h2-3,8-9,12H,4-7,10H2,1H3,(H,20,21). The quantitative estimate of drug-likeness (QED) is 0.839. The SMILES string of the molecule is COc1cc(C=CC(=O)N2CCC(C(=O)O)C2)cc2c1OCCO2. The Balaban J connectivity index is 1.72. The van der Waals surface area contributed by atoms with Crippen molar-refractivity contribution in [1.82, 2.24) is 4.90 Å². The van der Waals surface area contributed by atoms with Crippen molar-refractivity contribution in [1.29, 1.82) is 0 Å². The van der Waals surface area contributed by atoms with Gasteiger partial charge in [-0.25, -0.2) is 0 Å². The number of carbonyl (C=O) groups excluding carboxylic acids is 1. The number of likely N-dealkylation sites (tertiary alicyclic amines) is 1. The lowest BCUT2D eigenvalue weighted by atomic mass is 10.1. The molecule has 0 aromatic heterocycles. The number of hydrogen-bond donors (Lipinski definition) is 1. The average Bonchev–Trinajstić information content (AvgIpc) is 3.09. The van der Waals surface area contributed by atoms with Crippen molar-refractivity contribution in [2.45, 2.75) is 6.42 Å². The first-order valence-corrected chi connectivity index (χ1v) is 7.76. The van der Waals surface area contributed by atoms with Gasteiger partial charge in [0.15, 0.2) is 11.5 Å². The van der Waals surface area contributed by atoms with E-state index in [4.69, 9.17) is 19.3 Å². The molecule has 0 saturated carbocycles. The maximum Gasteiger partial charge on any atom is 0.308 e. The molecule has 2 aliphatic rings. The first kappa shape index (κ1) is 16.2. The third kappa shape index (κ3) is 3.29. The molecule has 0 aliphatic carbocycles. The molecule has 7 heteroatoms. The normalized spacial score (nSPS) is 19.5. The largest absolute Gasteiger partial charge is 0.493 e. The fourth-order valence-electron chi connectivity index (χ4n) is 2.82. The van der Waals surface area contributed by atoms with Gasteiger partial charge in [0, 0.05) is 19.2 Å². The second kappa shape index (κ2) is 6.82. The molecular weight excluding hydrogens is 314 g/mol. The monoisotopic (exact) mass is 333 g/mol. The smallest absolute Gasteiger partial charge is 0.308 e. The summed E-state index contributed by atoms with van der Waals surface area (Å²) >= 11 is 0. The number of amides is 1. The summed E-state index contributed by atoms with van der Waals surface area (Å²) in [4.78, 5) is 24.7. The lowest BCUT2D eigenvalue weighted by molar-refractivity contribution is -0.141. The average molecular weight is 333 g/mol. The van der Waals surface area contributed by atoms with Gasteiger partial charge in [-0.1, -0.05) is 0 Å². The van der Waals surface area contributed by atoms with E-state index in [9.17, 15) is 9.59 Å². The van der Waals surface area contributed by atoms with Gasteiger partial charge in [0.05, 0.1) is 13.0 Å². The van der Waals surface area contributed by atoms with Gasteiger partial charge in [-0.05, 0) is 30.2 Å². The van der Waals surface area contributed by atoms with Crippen LogP contribution in [-0.2, 0) is 9.59 Å². The molecule has 1 N–H and O–H groups in total. The van der Waals surface area contributed by atoms with Crippen LogP contribution in [0.4, 0.5) is 0 Å². The number of rotatable bonds is 4. The van der Waals surface area contributed by atoms with Gasteiger partial charge >= 0.3 is 5.97 Å². The maximum atomic E-state index is 12.2. The van der Waals surface area contributed by atoms with Crippen molar-refractivity contribution in [2.24, 2.45) is 5.92 Å². The summed E-state index contributed by atoms with van der Waals surface area (Å²) < 4.78 is 16.4. The summed E-state index contributed by atoms with van der Waals surface area (Å²) in [5.41, 5.74) is 0.749. The highest BCUT2D eigenvalue weighted by Gasteiger charge is 2.29. The summed E-state index contributed by atoms with van der Waals surface area (Å²) in [6.45, 7) is 1.65. The number of aliphatic carboxylic acids is 1. The predicted octanol–water partition coefficient (Wildman–Crippen LogP) is 1.41. The maximum absolute atomic E-state index is 12.2. The molecule has 0 bridgehead atoms. The van der Waals surface area contributed by atoms with Crippen LogP contribution >= 0.6 is 0 Å². The Hall–Kier alpha value is -2.70. The highest BCUT2D eigenvalue weighted by molar-refractivity contribution is 5.92. The molecule has 2 aliphatic heterocycles. The van der Waals surface area contributed by atoms with Crippen LogP contribution in [0.15, 0.2) is 18.2 Å². The van der Waals surface area contributed by atoms with Crippen molar-refractivity contribution in [2.75, 3.05) is 33.4 Å². The van der Waals surface area contributed by atoms with Crippen molar-refractivity contribution < 1.29 is 28.9 Å². The summed E-state index contributed by atoms with van der Waals surface area (Å²) in [5, 5.41) is 9.00. The molecule has 1 unspecified atom stereocenters. The van der Waals surface area contributed by atoms with Gasteiger partial charge < -0.3 is 24.2 Å². The zero-order valence-corrected chi connectivity index (χ0v) is 13.4. The predicted molar refractivity (Wildman–Crippen MR) is 85.3 cm³/mol. The van der Waals surface area contributed by atoms with Crippen LogP contribution in [0.1, 0.15) is 12.0 Å². The summed E-state index contributed by atoms with van der Waals surface area (Å²) in [6.07, 6.45) is 3.60. The fourth-order valence-corrected chi connectivity index (χ4v) is 2.82. The first-order chi connectivity index (χ1) is 11.6. The zero-order chi connectivity index (χ0) is 17.1. The van der Waals surface area contributed by atoms with Crippen molar-refractivity contribution >= 4 is 18.0 Å². The Morgan fingerprint density at radius 2 is 2.12 bits per heavy atom. The van der Waals surface area contributed by atoms with Gasteiger partial charge in [0.2, 0.25) is 11.7 Å². The molecule has 0 radical (unpaired) electrons. The lowest BCUT2D eigenvalue weighted by Crippen LogP contribution is -2.28. The number of carboxylic acids is 1. The van der Waals surface area contributed by atoms with Crippen molar-refractivity contribution in [3.63, 3.8) is 0 Å². The molecule has 1 fully saturated rings. The van der Waals surface area contributed by atoms with Crippen LogP contribution in [0.5, 0.6) is 17.2 Å². The van der Waals surface area contributed by atoms with Crippen LogP contribution in [0.25, 0.3) is 6.08 Å². The number of benzene rings is 1. The molecule has 3 rings (SSSR count). The molecule has 1 aromatic carbocycles. The van der Waals surface area contributed by atoms with Gasteiger partial charge in [-0.2, -0.15) is 0 Å². The van der Waals surface area contributed by atoms with E-state index >= 15 is 0 Å². The minimum absolute atomic E-state index is 0.201. The van der Waals surface area contributed by atoms with E-state index in [1.54, 1.807) is 30.2 Å². The third-order valence-corrected chi connectivity index (χ3v) is 4.12. The Kier molecular flexibility index (Phi) is 4.59. The number of carbonyl (C=O) groups is 2. The highest BCUT2D eigenvalue weighted by atomic mass is 16.6. The number of hydrogen-bond acceptors (Lipinski definition) is 5. The zero-order valence-electron chi connectivity index (χ0n) is 13.4. The molecule has 0 spiro atoms. The Bertz CT molecular complexity index is 667. The molecule has 128 valence electrons. The summed E-state index contributed by atoms with van der Waals surface area (Å²) in [7, 11) is 1.54. The fraction of sp³-hybridized carbons (Fsp3) is 0.412. The van der Waals surface area contributed by atoms with E-state index in [1.807, 2.05) is 0 Å². The van der Waals surface area contributed by atoms with Gasteiger partial charge in [-0.15, -0.1) is 0 Å². The van der Waals surface area contributed by atoms with E-state index < -0.39 is 11.9 Å². The number of methoxy groups -OCH3 is 1. The van der Waals surface area contributed by atoms with E-state index in [1.165, 1.54) is 6.08 Å². The second-order valence-electron chi connectivity index (χ2n) is 5.69. The first-order valence-electron chi connectivity index (χ1n) is 7.76. The van der Waals surface area contributed by atoms with Gasteiger partial charge in [0.25, 0.3) is 0 Å². The summed E-state index contributed by atoms with van der Waals surface area (Å²) in [6, 6.07) is 3.55. The molecule has 1 aromatic rings. The Labute approximate surface area is 139 Å². The van der Waals surface area contributed by atoms with Crippen molar-refractivity contribution in [3.8, 4) is 17.2 Å². The molecular formula is C17H19NO6. The van der Waals surface area contributed by atoms with Crippen LogP contribution in [0.2, 0.25) is 0 Å². The molecule has 1 saturated heterocycles. The summed E-state index contributed by atoms with van der Waals surface area (Å²) in [5.74, 6) is 0.164. The third-order valence-electron chi connectivity index (χ3n) is 4.12. The molecule has 2 heterocycles. The van der Waals surface area contributed by atoms with E-state index in [2.05, 4.69) is 0 Å². The highest BCUT2D eigenvalue weighted by Crippen LogP contribution is 2.40. The molecule has 7 nitrogen and oxygen atoms in total. The van der Waals surface area contributed by atoms with E-state index in [0.717, 1.165) is 5.56 Å². The number of nitrogens with zero attached hydrogens (tertiary/aromatic N) is 1. The molecule has 1 atom stereocenters. The van der Waals surface area contributed by atoms with Crippen LogP contribution in [0, 0.1) is 5.92 Å². The van der Waals surface area contributed by atoms with Crippen LogP contribution in [0.3, 0.4) is 0 Å². The molecule has 24 heavy (non-hydrogen) atoms. The van der Waals surface area contributed by atoms with Crippen LogP contribution < -0.4 is 14.2 Å². The second-order valence-corrected chi connectivity index (χ2v) is 5.69. The van der Waals surface area contributed by atoms with Gasteiger partial charge in [0.1, 0.15) is 13.2 Å². The minimum Gasteiger partial charge on any atom is -0.493 e. The Morgan fingerprint density at radius 3 is 2.83 bits per heavy atom. The topological polar surface area (TPSA) is 85.3 Å². The lowest BCUT2D eigenvalue weighted by Gasteiger charge is -2.21. The number of fused-ring (bicyclic) bond motifs is 1. The Morgan fingerprint density at radius 1 is 1.33 bits per heavy atom.